The van der Waals surface area contributed by atoms with Crippen molar-refractivity contribution < 1.29 is 13.2 Å². The Hall–Kier alpha value is -2.76. The molecule has 1 aliphatic rings. The van der Waals surface area contributed by atoms with Crippen molar-refractivity contribution in [2.24, 2.45) is 0 Å². The van der Waals surface area contributed by atoms with Crippen LogP contribution in [-0.4, -0.2) is 16.5 Å². The van der Waals surface area contributed by atoms with Crippen molar-refractivity contribution in [2.75, 3.05) is 11.4 Å². The average molecular weight is 343 g/mol. The summed E-state index contributed by atoms with van der Waals surface area (Å²) in [7, 11) is 0. The van der Waals surface area contributed by atoms with Crippen LogP contribution in [0.3, 0.4) is 0 Å². The smallest absolute Gasteiger partial charge is 0.365 e. The number of fused-ring (bicyclic) bond motifs is 1. The summed E-state index contributed by atoms with van der Waals surface area (Å²) in [5, 5.41) is 0. The second kappa shape index (κ2) is 5.95. The molecule has 6 heteroatoms. The van der Waals surface area contributed by atoms with Crippen molar-refractivity contribution in [2.45, 2.75) is 19.1 Å². The number of imidazole rings is 1. The van der Waals surface area contributed by atoms with Crippen molar-refractivity contribution in [1.29, 1.82) is 0 Å². The van der Waals surface area contributed by atoms with Gasteiger partial charge < -0.3 is 9.88 Å². The van der Waals surface area contributed by atoms with Crippen LogP contribution in [-0.2, 0) is 19.1 Å². The van der Waals surface area contributed by atoms with Crippen LogP contribution in [0.4, 0.5) is 18.9 Å². The highest BCUT2D eigenvalue weighted by Crippen LogP contribution is 2.39. The second-order valence-corrected chi connectivity index (χ2v) is 6.12. The van der Waals surface area contributed by atoms with E-state index >= 15 is 0 Å². The number of anilines is 1. The standard InChI is InChI=1S/C19H16F3N3/c20-19(21,22)17-4-2-1-3-16(17)14-6-5-13-7-8-25(18(13)9-14)11-15-10-23-12-24-15/h1-6,9-10,12H,7-8,11H2,(H,23,24). The van der Waals surface area contributed by atoms with Crippen molar-refractivity contribution >= 4 is 5.69 Å². The molecule has 0 aliphatic carbocycles. The zero-order valence-corrected chi connectivity index (χ0v) is 13.3. The van der Waals surface area contributed by atoms with Gasteiger partial charge in [0, 0.05) is 18.4 Å². The maximum Gasteiger partial charge on any atom is 0.417 e. The van der Waals surface area contributed by atoms with Gasteiger partial charge in [0.05, 0.1) is 24.1 Å². The average Bonchev–Trinajstić information content (AvgIpc) is 3.24. The lowest BCUT2D eigenvalue weighted by Gasteiger charge is -2.19. The van der Waals surface area contributed by atoms with Gasteiger partial charge in [-0.3, -0.25) is 0 Å². The van der Waals surface area contributed by atoms with Crippen molar-refractivity contribution in [3.63, 3.8) is 0 Å². The number of halogens is 3. The summed E-state index contributed by atoms with van der Waals surface area (Å²) in [6.45, 7) is 1.48. The van der Waals surface area contributed by atoms with Crippen LogP contribution in [0, 0.1) is 0 Å². The van der Waals surface area contributed by atoms with Gasteiger partial charge in [-0.15, -0.1) is 0 Å². The van der Waals surface area contributed by atoms with E-state index in [4.69, 9.17) is 0 Å². The van der Waals surface area contributed by atoms with Crippen LogP contribution in [0.15, 0.2) is 55.0 Å². The highest BCUT2D eigenvalue weighted by Gasteiger charge is 2.33. The van der Waals surface area contributed by atoms with Gasteiger partial charge in [0.15, 0.2) is 0 Å². The fourth-order valence-electron chi connectivity index (χ4n) is 3.33. The van der Waals surface area contributed by atoms with Gasteiger partial charge in [0.1, 0.15) is 0 Å². The second-order valence-electron chi connectivity index (χ2n) is 6.12. The van der Waals surface area contributed by atoms with Crippen LogP contribution in [0.25, 0.3) is 11.1 Å². The predicted molar refractivity (Wildman–Crippen MR) is 90.2 cm³/mol. The van der Waals surface area contributed by atoms with E-state index in [1.807, 2.05) is 18.3 Å². The molecule has 0 radical (unpaired) electrons. The molecule has 3 aromatic rings. The number of aromatic amines is 1. The molecule has 1 N–H and O–H groups in total. The molecule has 2 heterocycles. The van der Waals surface area contributed by atoms with E-state index < -0.39 is 11.7 Å². The minimum Gasteiger partial charge on any atom is -0.365 e. The van der Waals surface area contributed by atoms with Gasteiger partial charge in [0.25, 0.3) is 0 Å². The molecule has 4 rings (SSSR count). The van der Waals surface area contributed by atoms with E-state index in [0.717, 1.165) is 36.0 Å². The minimum absolute atomic E-state index is 0.212. The summed E-state index contributed by atoms with van der Waals surface area (Å²) in [6.07, 6.45) is -0.0194. The number of nitrogens with zero attached hydrogens (tertiary/aromatic N) is 2. The topological polar surface area (TPSA) is 31.9 Å². The van der Waals surface area contributed by atoms with Gasteiger partial charge in [-0.05, 0) is 35.2 Å². The quantitative estimate of drug-likeness (QED) is 0.750. The normalized spacial score (nSPS) is 14.0. The molecule has 0 atom stereocenters. The van der Waals surface area contributed by atoms with Crippen molar-refractivity contribution in [3.8, 4) is 11.1 Å². The lowest BCUT2D eigenvalue weighted by atomic mass is 9.97. The molecule has 1 aromatic heterocycles. The Labute approximate surface area is 143 Å². The molecule has 2 aromatic carbocycles. The number of alkyl halides is 3. The Morgan fingerprint density at radius 1 is 1.12 bits per heavy atom. The van der Waals surface area contributed by atoms with E-state index in [1.165, 1.54) is 12.1 Å². The molecule has 0 saturated heterocycles. The first-order valence-corrected chi connectivity index (χ1v) is 8.04. The molecule has 0 bridgehead atoms. The predicted octanol–water partition coefficient (Wildman–Crippen LogP) is 4.66. The summed E-state index contributed by atoms with van der Waals surface area (Å²) in [5.41, 5.74) is 3.24. The monoisotopic (exact) mass is 343 g/mol. The molecule has 3 nitrogen and oxygen atoms in total. The summed E-state index contributed by atoms with van der Waals surface area (Å²) in [5.74, 6) is 0. The molecule has 0 saturated carbocycles. The molecule has 128 valence electrons. The number of rotatable bonds is 3. The largest absolute Gasteiger partial charge is 0.417 e. The van der Waals surface area contributed by atoms with Crippen LogP contribution >= 0.6 is 0 Å². The van der Waals surface area contributed by atoms with Gasteiger partial charge in [-0.1, -0.05) is 30.3 Å². The number of H-pyrrole nitrogens is 1. The third kappa shape index (κ3) is 2.99. The molecule has 0 unspecified atom stereocenters. The van der Waals surface area contributed by atoms with Crippen LogP contribution in [0.1, 0.15) is 16.8 Å². The molecule has 0 spiro atoms. The first-order valence-electron chi connectivity index (χ1n) is 8.04. The Bertz CT molecular complexity index is 885. The third-order valence-electron chi connectivity index (χ3n) is 4.53. The first kappa shape index (κ1) is 15.7. The van der Waals surface area contributed by atoms with E-state index in [-0.39, 0.29) is 5.56 Å². The van der Waals surface area contributed by atoms with Crippen LogP contribution < -0.4 is 4.90 Å². The maximum absolute atomic E-state index is 13.3. The van der Waals surface area contributed by atoms with Gasteiger partial charge in [0.2, 0.25) is 0 Å². The lowest BCUT2D eigenvalue weighted by Crippen LogP contribution is -2.19. The molecule has 1 aliphatic heterocycles. The van der Waals surface area contributed by atoms with Gasteiger partial charge in [-0.25, -0.2) is 4.98 Å². The minimum atomic E-state index is -4.37. The maximum atomic E-state index is 13.3. The summed E-state index contributed by atoms with van der Waals surface area (Å²) in [4.78, 5) is 9.32. The van der Waals surface area contributed by atoms with E-state index in [9.17, 15) is 13.2 Å². The molecule has 25 heavy (non-hydrogen) atoms. The molecular weight excluding hydrogens is 327 g/mol. The highest BCUT2D eigenvalue weighted by molar-refractivity contribution is 5.74. The molecule has 0 amide bonds. The van der Waals surface area contributed by atoms with Crippen molar-refractivity contribution in [3.05, 3.63) is 71.8 Å². The lowest BCUT2D eigenvalue weighted by molar-refractivity contribution is -0.137. The first-order chi connectivity index (χ1) is 12.0. The Balaban J connectivity index is 1.73. The fourth-order valence-corrected chi connectivity index (χ4v) is 3.33. The highest BCUT2D eigenvalue weighted by atomic mass is 19.4. The Kier molecular flexibility index (Phi) is 3.75. The summed E-state index contributed by atoms with van der Waals surface area (Å²) >= 11 is 0. The fraction of sp³-hybridized carbons (Fsp3) is 0.211. The summed E-state index contributed by atoms with van der Waals surface area (Å²) < 4.78 is 39.9. The number of aromatic nitrogens is 2. The van der Waals surface area contributed by atoms with Gasteiger partial charge >= 0.3 is 6.18 Å². The Morgan fingerprint density at radius 3 is 2.72 bits per heavy atom. The number of hydrogen-bond acceptors (Lipinski definition) is 2. The molecular formula is C19H16F3N3. The molecule has 0 fully saturated rings. The van der Waals surface area contributed by atoms with E-state index in [1.54, 1.807) is 18.5 Å². The zero-order valence-electron chi connectivity index (χ0n) is 13.3. The number of nitrogens with one attached hydrogen (secondary N) is 1. The number of hydrogen-bond donors (Lipinski definition) is 1. The van der Waals surface area contributed by atoms with E-state index in [2.05, 4.69) is 14.9 Å². The van der Waals surface area contributed by atoms with Crippen LogP contribution in [0.2, 0.25) is 0 Å². The van der Waals surface area contributed by atoms with Crippen molar-refractivity contribution in [1.82, 2.24) is 9.97 Å². The van der Waals surface area contributed by atoms with Crippen LogP contribution in [0.5, 0.6) is 0 Å². The van der Waals surface area contributed by atoms with E-state index in [0.29, 0.717) is 12.1 Å². The Morgan fingerprint density at radius 2 is 1.96 bits per heavy atom. The number of benzene rings is 2. The van der Waals surface area contributed by atoms with Gasteiger partial charge in [-0.2, -0.15) is 13.2 Å². The zero-order chi connectivity index (χ0) is 17.4. The SMILES string of the molecule is FC(F)(F)c1ccccc1-c1ccc2c(c1)N(Cc1c[nH]cn1)CC2. The summed E-state index contributed by atoms with van der Waals surface area (Å²) in [6, 6.07) is 11.3. The third-order valence-corrected chi connectivity index (χ3v) is 4.53.